The van der Waals surface area contributed by atoms with Crippen LogP contribution in [0.4, 0.5) is 5.82 Å². The number of fused-ring (bicyclic) bond motifs is 1. The molecule has 1 aromatic rings. The summed E-state index contributed by atoms with van der Waals surface area (Å²) in [6.07, 6.45) is 0.684. The molecule has 1 aliphatic heterocycles. The van der Waals surface area contributed by atoms with Crippen LogP contribution in [0.5, 0.6) is 0 Å². The average Bonchev–Trinajstić information content (AvgIpc) is 2.56. The van der Waals surface area contributed by atoms with Crippen LogP contribution < -0.4 is 0 Å². The number of aliphatic carboxylic acids is 1. The van der Waals surface area contributed by atoms with E-state index in [0.29, 0.717) is 24.5 Å². The zero-order chi connectivity index (χ0) is 11.9. The average molecular weight is 225 g/mol. The van der Waals surface area contributed by atoms with Crippen LogP contribution in [0.2, 0.25) is 0 Å². The smallest absolute Gasteiger partial charge is 0.385 e. The molecule has 0 bridgehead atoms. The molecule has 7 heteroatoms. The number of carbonyl (C=O) groups is 1. The highest BCUT2D eigenvalue weighted by atomic mass is 16.6. The molecule has 16 heavy (non-hydrogen) atoms. The number of nitro groups is 1. The maximum Gasteiger partial charge on any atom is 0.385 e. The zero-order valence-electron chi connectivity index (χ0n) is 8.71. The first-order valence-electron chi connectivity index (χ1n) is 4.94. The molecular weight excluding hydrogens is 214 g/mol. The molecule has 86 valence electrons. The van der Waals surface area contributed by atoms with E-state index in [1.807, 2.05) is 0 Å². The van der Waals surface area contributed by atoms with E-state index in [2.05, 4.69) is 4.98 Å². The number of rotatable bonds is 2. The minimum Gasteiger partial charge on any atom is -0.481 e. The summed E-state index contributed by atoms with van der Waals surface area (Å²) >= 11 is 0. The number of carboxylic acids is 1. The Balaban J connectivity index is 2.42. The van der Waals surface area contributed by atoms with Gasteiger partial charge < -0.3 is 19.8 Å². The minimum atomic E-state index is -0.903. The topological polar surface area (TPSA) is 98.3 Å². The van der Waals surface area contributed by atoms with Gasteiger partial charge >= 0.3 is 11.8 Å². The lowest BCUT2D eigenvalue weighted by atomic mass is 9.96. The third-order valence-electron chi connectivity index (χ3n) is 2.91. The van der Waals surface area contributed by atoms with Crippen molar-refractivity contribution < 1.29 is 14.8 Å². The van der Waals surface area contributed by atoms with E-state index in [0.717, 1.165) is 0 Å². The summed E-state index contributed by atoms with van der Waals surface area (Å²) in [5.41, 5.74) is 0.432. The Bertz CT molecular complexity index is 466. The molecule has 0 aromatic carbocycles. The van der Waals surface area contributed by atoms with Crippen molar-refractivity contribution in [3.63, 3.8) is 0 Å². The Hall–Kier alpha value is -1.92. The Morgan fingerprint density at radius 3 is 2.94 bits per heavy atom. The SMILES string of the molecule is Cc1nc([N+](=O)[O-])c2n1CCC(C(=O)O)C2. The molecule has 0 fully saturated rings. The Morgan fingerprint density at radius 1 is 1.69 bits per heavy atom. The summed E-state index contributed by atoms with van der Waals surface area (Å²) in [6.45, 7) is 2.18. The van der Waals surface area contributed by atoms with Crippen LogP contribution in [-0.4, -0.2) is 25.6 Å². The molecular formula is C9H11N3O4. The zero-order valence-corrected chi connectivity index (χ0v) is 8.71. The second kappa shape index (κ2) is 3.58. The van der Waals surface area contributed by atoms with Gasteiger partial charge in [0.25, 0.3) is 0 Å². The van der Waals surface area contributed by atoms with Crippen molar-refractivity contribution in [2.75, 3.05) is 0 Å². The molecule has 0 saturated heterocycles. The van der Waals surface area contributed by atoms with Crippen LogP contribution in [0.3, 0.4) is 0 Å². The summed E-state index contributed by atoms with van der Waals surface area (Å²) in [4.78, 5) is 24.9. The van der Waals surface area contributed by atoms with Crippen molar-refractivity contribution in [2.45, 2.75) is 26.3 Å². The van der Waals surface area contributed by atoms with Crippen molar-refractivity contribution in [2.24, 2.45) is 5.92 Å². The summed E-state index contributed by atoms with van der Waals surface area (Å²) in [6, 6.07) is 0. The van der Waals surface area contributed by atoms with E-state index in [4.69, 9.17) is 5.11 Å². The third kappa shape index (κ3) is 1.54. The van der Waals surface area contributed by atoms with Gasteiger partial charge in [-0.05, 0) is 16.3 Å². The number of aromatic nitrogens is 2. The molecule has 1 atom stereocenters. The Labute approximate surface area is 90.9 Å². The second-order valence-electron chi connectivity index (χ2n) is 3.87. The summed E-state index contributed by atoms with van der Waals surface area (Å²) in [5, 5.41) is 19.6. The van der Waals surface area contributed by atoms with Crippen molar-refractivity contribution in [3.8, 4) is 0 Å². The Kier molecular flexibility index (Phi) is 2.37. The molecule has 2 rings (SSSR count). The molecule has 0 saturated carbocycles. The highest BCUT2D eigenvalue weighted by Crippen LogP contribution is 2.28. The van der Waals surface area contributed by atoms with E-state index in [-0.39, 0.29) is 12.2 Å². The van der Waals surface area contributed by atoms with Gasteiger partial charge in [0, 0.05) is 19.9 Å². The van der Waals surface area contributed by atoms with E-state index in [9.17, 15) is 14.9 Å². The normalized spacial score (nSPS) is 19.2. The lowest BCUT2D eigenvalue weighted by Crippen LogP contribution is -2.26. The predicted molar refractivity (Wildman–Crippen MR) is 53.1 cm³/mol. The second-order valence-corrected chi connectivity index (χ2v) is 3.87. The molecule has 1 N–H and O–H groups in total. The van der Waals surface area contributed by atoms with Crippen LogP contribution in [-0.2, 0) is 17.8 Å². The highest BCUT2D eigenvalue weighted by molar-refractivity contribution is 5.70. The van der Waals surface area contributed by atoms with E-state index >= 15 is 0 Å². The van der Waals surface area contributed by atoms with Gasteiger partial charge in [0.1, 0.15) is 5.69 Å². The molecule has 1 unspecified atom stereocenters. The lowest BCUT2D eigenvalue weighted by molar-refractivity contribution is -0.390. The van der Waals surface area contributed by atoms with Crippen molar-refractivity contribution in [1.82, 2.24) is 9.55 Å². The number of hydrogen-bond donors (Lipinski definition) is 1. The molecule has 7 nitrogen and oxygen atoms in total. The van der Waals surface area contributed by atoms with Crippen LogP contribution >= 0.6 is 0 Å². The van der Waals surface area contributed by atoms with Crippen molar-refractivity contribution in [3.05, 3.63) is 21.6 Å². The van der Waals surface area contributed by atoms with Gasteiger partial charge in [-0.15, -0.1) is 0 Å². The van der Waals surface area contributed by atoms with Gasteiger partial charge in [-0.3, -0.25) is 4.79 Å². The number of hydrogen-bond acceptors (Lipinski definition) is 4. The van der Waals surface area contributed by atoms with E-state index in [1.165, 1.54) is 0 Å². The number of imidazole rings is 1. The van der Waals surface area contributed by atoms with Gasteiger partial charge in [-0.1, -0.05) is 0 Å². The molecule has 0 radical (unpaired) electrons. The summed E-state index contributed by atoms with van der Waals surface area (Å²) in [5.74, 6) is -1.07. The first-order valence-corrected chi connectivity index (χ1v) is 4.94. The van der Waals surface area contributed by atoms with Crippen LogP contribution in [0, 0.1) is 23.0 Å². The number of aryl methyl sites for hydroxylation is 1. The highest BCUT2D eigenvalue weighted by Gasteiger charge is 2.33. The van der Waals surface area contributed by atoms with Gasteiger partial charge in [-0.2, -0.15) is 0 Å². The first-order chi connectivity index (χ1) is 7.50. The van der Waals surface area contributed by atoms with Crippen molar-refractivity contribution >= 4 is 11.8 Å². The molecule has 1 aliphatic rings. The minimum absolute atomic E-state index is 0.187. The quantitative estimate of drug-likeness (QED) is 0.591. The molecule has 1 aromatic heterocycles. The van der Waals surface area contributed by atoms with Crippen LogP contribution in [0.1, 0.15) is 17.9 Å². The summed E-state index contributed by atoms with van der Waals surface area (Å²) < 4.78 is 1.73. The van der Waals surface area contributed by atoms with Gasteiger partial charge in [0.05, 0.1) is 5.92 Å². The predicted octanol–water partition coefficient (Wildman–Crippen LogP) is 0.747. The monoisotopic (exact) mass is 225 g/mol. The van der Waals surface area contributed by atoms with Crippen molar-refractivity contribution in [1.29, 1.82) is 0 Å². The van der Waals surface area contributed by atoms with Gasteiger partial charge in [0.2, 0.25) is 5.82 Å². The summed E-state index contributed by atoms with van der Waals surface area (Å²) in [7, 11) is 0. The largest absolute Gasteiger partial charge is 0.481 e. The first kappa shape index (κ1) is 10.6. The molecule has 0 amide bonds. The fourth-order valence-corrected chi connectivity index (χ4v) is 2.07. The Morgan fingerprint density at radius 2 is 2.38 bits per heavy atom. The maximum absolute atomic E-state index is 10.9. The van der Waals surface area contributed by atoms with E-state index in [1.54, 1.807) is 11.5 Å². The van der Waals surface area contributed by atoms with Gasteiger partial charge in [-0.25, -0.2) is 0 Å². The van der Waals surface area contributed by atoms with Crippen LogP contribution in [0.25, 0.3) is 0 Å². The fraction of sp³-hybridized carbons (Fsp3) is 0.556. The molecule has 0 spiro atoms. The molecule has 0 aliphatic carbocycles. The lowest BCUT2D eigenvalue weighted by Gasteiger charge is -2.19. The molecule has 2 heterocycles. The number of nitrogens with zero attached hydrogens (tertiary/aromatic N) is 3. The van der Waals surface area contributed by atoms with Crippen LogP contribution in [0.15, 0.2) is 0 Å². The van der Waals surface area contributed by atoms with E-state index < -0.39 is 16.8 Å². The standard InChI is InChI=1S/C9H11N3O4/c1-5-10-8(12(15)16)7-4-6(9(13)14)2-3-11(5)7/h6H,2-4H2,1H3,(H,13,14). The number of carboxylic acid groups (broad SMARTS) is 1. The maximum atomic E-state index is 10.9. The van der Waals surface area contributed by atoms with Gasteiger partial charge in [0.15, 0.2) is 0 Å². The third-order valence-corrected chi connectivity index (χ3v) is 2.91. The fourth-order valence-electron chi connectivity index (χ4n) is 2.07.